The van der Waals surface area contributed by atoms with Crippen LogP contribution in [0.25, 0.3) is 11.1 Å². The SMILES string of the molecule is O=C(NCC1CC(C(=O)N2CCC[C@@H]2C(=O)O)CO1)OCC1c2ccccc2-c2ccccc21. The smallest absolute Gasteiger partial charge is 0.407 e. The summed E-state index contributed by atoms with van der Waals surface area (Å²) in [7, 11) is 0. The highest BCUT2D eigenvalue weighted by molar-refractivity contribution is 5.86. The van der Waals surface area contributed by atoms with Crippen LogP contribution < -0.4 is 5.32 Å². The maximum Gasteiger partial charge on any atom is 0.407 e. The van der Waals surface area contributed by atoms with Gasteiger partial charge < -0.3 is 24.8 Å². The number of benzene rings is 2. The number of hydrogen-bond acceptors (Lipinski definition) is 5. The van der Waals surface area contributed by atoms with E-state index in [0.717, 1.165) is 11.1 Å². The molecule has 0 aromatic heterocycles. The summed E-state index contributed by atoms with van der Waals surface area (Å²) in [5, 5.41) is 12.1. The van der Waals surface area contributed by atoms with Crippen LogP contribution in [0.15, 0.2) is 48.5 Å². The molecule has 1 aliphatic carbocycles. The third-order valence-electron chi connectivity index (χ3n) is 7.07. The summed E-state index contributed by atoms with van der Waals surface area (Å²) in [6.07, 6.45) is 0.807. The highest BCUT2D eigenvalue weighted by atomic mass is 16.5. The molecule has 2 unspecified atom stereocenters. The average molecular weight is 465 g/mol. The largest absolute Gasteiger partial charge is 0.480 e. The van der Waals surface area contributed by atoms with Crippen LogP contribution in [0.3, 0.4) is 0 Å². The fourth-order valence-corrected chi connectivity index (χ4v) is 5.39. The van der Waals surface area contributed by atoms with Crippen LogP contribution in [0.4, 0.5) is 4.79 Å². The second-order valence-corrected chi connectivity index (χ2v) is 9.12. The van der Waals surface area contributed by atoms with Crippen molar-refractivity contribution < 1.29 is 29.0 Å². The molecule has 2 fully saturated rings. The Balaban J connectivity index is 1.11. The summed E-state index contributed by atoms with van der Waals surface area (Å²) in [6.45, 7) is 1.18. The van der Waals surface area contributed by atoms with Crippen LogP contribution in [0.5, 0.6) is 0 Å². The first-order valence-corrected chi connectivity index (χ1v) is 11.8. The molecule has 8 nitrogen and oxygen atoms in total. The lowest BCUT2D eigenvalue weighted by Gasteiger charge is -2.24. The number of likely N-dealkylation sites (tertiary alicyclic amines) is 1. The van der Waals surface area contributed by atoms with Gasteiger partial charge in [0.2, 0.25) is 5.91 Å². The van der Waals surface area contributed by atoms with Crippen LogP contribution >= 0.6 is 0 Å². The Morgan fingerprint density at radius 1 is 1.06 bits per heavy atom. The standard InChI is InChI=1S/C26H28N2O6/c29-24(28-11-5-10-23(28)25(30)31)16-12-17(33-14-16)13-27-26(32)34-15-22-20-8-3-1-6-18(20)19-7-2-4-9-21(19)22/h1-4,6-9,16-17,22-23H,5,10-15H2,(H,27,32)(H,30,31)/t16?,17?,23-/m1/s1. The zero-order valence-electron chi connectivity index (χ0n) is 18.8. The normalized spacial score (nSPS) is 23.4. The van der Waals surface area contributed by atoms with E-state index in [0.29, 0.717) is 25.8 Å². The Hall–Kier alpha value is -3.39. The van der Waals surface area contributed by atoms with Gasteiger partial charge in [0.15, 0.2) is 0 Å². The molecule has 178 valence electrons. The maximum atomic E-state index is 12.8. The Bertz CT molecular complexity index is 1060. The van der Waals surface area contributed by atoms with Gasteiger partial charge in [-0.3, -0.25) is 4.79 Å². The average Bonchev–Trinajstić information content (AvgIpc) is 3.59. The van der Waals surface area contributed by atoms with E-state index < -0.39 is 18.1 Å². The third kappa shape index (κ3) is 4.25. The van der Waals surface area contributed by atoms with Crippen molar-refractivity contribution in [2.75, 3.05) is 26.3 Å². The van der Waals surface area contributed by atoms with Crippen LogP contribution in [0, 0.1) is 5.92 Å². The number of hydrogen-bond donors (Lipinski definition) is 2. The van der Waals surface area contributed by atoms with Crippen molar-refractivity contribution in [3.63, 3.8) is 0 Å². The Kier molecular flexibility index (Phi) is 6.24. The molecule has 2 N–H and O–H groups in total. The number of nitrogens with zero attached hydrogens (tertiary/aromatic N) is 1. The Morgan fingerprint density at radius 3 is 2.41 bits per heavy atom. The van der Waals surface area contributed by atoms with Crippen LogP contribution in [-0.4, -0.2) is 66.4 Å². The quantitative estimate of drug-likeness (QED) is 0.681. The number of carboxylic acids is 1. The van der Waals surface area contributed by atoms with E-state index in [9.17, 15) is 19.5 Å². The molecule has 2 aromatic carbocycles. The van der Waals surface area contributed by atoms with E-state index in [1.54, 1.807) is 0 Å². The summed E-state index contributed by atoms with van der Waals surface area (Å²) in [5.41, 5.74) is 4.65. The fraction of sp³-hybridized carbons (Fsp3) is 0.423. The van der Waals surface area contributed by atoms with Gasteiger partial charge in [0.1, 0.15) is 12.6 Å². The molecular formula is C26H28N2O6. The topological polar surface area (TPSA) is 105 Å². The predicted octanol–water partition coefficient (Wildman–Crippen LogP) is 3.01. The van der Waals surface area contributed by atoms with Crippen molar-refractivity contribution in [2.24, 2.45) is 5.92 Å². The second kappa shape index (κ2) is 9.46. The summed E-state index contributed by atoms with van der Waals surface area (Å²) < 4.78 is 11.2. The van der Waals surface area contributed by atoms with Crippen molar-refractivity contribution in [2.45, 2.75) is 37.3 Å². The zero-order valence-corrected chi connectivity index (χ0v) is 18.8. The van der Waals surface area contributed by atoms with Gasteiger partial charge >= 0.3 is 12.1 Å². The summed E-state index contributed by atoms with van der Waals surface area (Å²) in [6, 6.07) is 15.6. The van der Waals surface area contributed by atoms with Crippen molar-refractivity contribution in [1.29, 1.82) is 0 Å². The van der Waals surface area contributed by atoms with Gasteiger partial charge in [-0.1, -0.05) is 48.5 Å². The lowest BCUT2D eigenvalue weighted by atomic mass is 9.98. The molecule has 2 aliphatic heterocycles. The third-order valence-corrected chi connectivity index (χ3v) is 7.07. The number of fused-ring (bicyclic) bond motifs is 3. The van der Waals surface area contributed by atoms with Crippen molar-refractivity contribution >= 4 is 18.0 Å². The molecule has 2 amide bonds. The first-order valence-electron chi connectivity index (χ1n) is 11.8. The highest BCUT2D eigenvalue weighted by Crippen LogP contribution is 2.44. The number of alkyl carbamates (subject to hydrolysis) is 1. The van der Waals surface area contributed by atoms with Crippen molar-refractivity contribution in [3.8, 4) is 11.1 Å². The van der Waals surface area contributed by atoms with Gasteiger partial charge in [-0.15, -0.1) is 0 Å². The molecule has 34 heavy (non-hydrogen) atoms. The Labute approximate surface area is 197 Å². The number of carbonyl (C=O) groups excluding carboxylic acids is 2. The number of amides is 2. The molecule has 3 atom stereocenters. The van der Waals surface area contributed by atoms with Crippen molar-refractivity contribution in [1.82, 2.24) is 10.2 Å². The van der Waals surface area contributed by atoms with E-state index in [-0.39, 0.29) is 43.6 Å². The number of carbonyl (C=O) groups is 3. The van der Waals surface area contributed by atoms with E-state index >= 15 is 0 Å². The van der Waals surface area contributed by atoms with E-state index in [4.69, 9.17) is 9.47 Å². The highest BCUT2D eigenvalue weighted by Gasteiger charge is 2.40. The van der Waals surface area contributed by atoms with Gasteiger partial charge in [0.05, 0.1) is 18.6 Å². The Morgan fingerprint density at radius 2 is 1.74 bits per heavy atom. The van der Waals surface area contributed by atoms with E-state index in [1.807, 2.05) is 24.3 Å². The molecule has 0 spiro atoms. The van der Waals surface area contributed by atoms with Gasteiger partial charge in [-0.05, 0) is 41.5 Å². The lowest BCUT2D eigenvalue weighted by molar-refractivity contribution is -0.149. The zero-order chi connectivity index (χ0) is 23.7. The molecule has 2 heterocycles. The first kappa shape index (κ1) is 22.4. The minimum atomic E-state index is -0.960. The lowest BCUT2D eigenvalue weighted by Crippen LogP contribution is -2.43. The van der Waals surface area contributed by atoms with Gasteiger partial charge in [0.25, 0.3) is 0 Å². The van der Waals surface area contributed by atoms with Crippen molar-refractivity contribution in [3.05, 3.63) is 59.7 Å². The van der Waals surface area contributed by atoms with Crippen LogP contribution in [0.2, 0.25) is 0 Å². The molecular weight excluding hydrogens is 436 g/mol. The molecule has 0 radical (unpaired) electrons. The first-order chi connectivity index (χ1) is 16.5. The minimum Gasteiger partial charge on any atom is -0.480 e. The number of aliphatic carboxylic acids is 1. The van der Waals surface area contributed by atoms with E-state index in [2.05, 4.69) is 29.6 Å². The van der Waals surface area contributed by atoms with Gasteiger partial charge in [-0.25, -0.2) is 9.59 Å². The van der Waals surface area contributed by atoms with Gasteiger partial charge in [-0.2, -0.15) is 0 Å². The second-order valence-electron chi connectivity index (χ2n) is 9.12. The molecule has 3 aliphatic rings. The van der Waals surface area contributed by atoms with E-state index in [1.165, 1.54) is 16.0 Å². The molecule has 8 heteroatoms. The minimum absolute atomic E-state index is 0.00877. The predicted molar refractivity (Wildman–Crippen MR) is 123 cm³/mol. The molecule has 5 rings (SSSR count). The number of nitrogens with one attached hydrogen (secondary N) is 1. The summed E-state index contributed by atoms with van der Waals surface area (Å²) in [4.78, 5) is 38.0. The molecule has 2 aromatic rings. The molecule has 2 saturated heterocycles. The fourth-order valence-electron chi connectivity index (χ4n) is 5.39. The molecule has 0 bridgehead atoms. The monoisotopic (exact) mass is 464 g/mol. The summed E-state index contributed by atoms with van der Waals surface area (Å²) >= 11 is 0. The maximum absolute atomic E-state index is 12.8. The van der Waals surface area contributed by atoms with Crippen LogP contribution in [0.1, 0.15) is 36.3 Å². The van der Waals surface area contributed by atoms with Crippen LogP contribution in [-0.2, 0) is 19.1 Å². The number of ether oxygens (including phenoxy) is 2. The number of rotatable bonds is 6. The summed E-state index contributed by atoms with van der Waals surface area (Å²) in [5.74, 6) is -1.52. The molecule has 0 saturated carbocycles. The van der Waals surface area contributed by atoms with Gasteiger partial charge in [0, 0.05) is 19.0 Å². The number of carboxylic acid groups (broad SMARTS) is 1.